The fourth-order valence-electron chi connectivity index (χ4n) is 2.89. The van der Waals surface area contributed by atoms with Crippen LogP contribution in [0.15, 0.2) is 34.8 Å². The lowest BCUT2D eigenvalue weighted by molar-refractivity contribution is 0.587. The van der Waals surface area contributed by atoms with Crippen LogP contribution in [0.3, 0.4) is 0 Å². The fourth-order valence-corrected chi connectivity index (χ4v) is 3.59. The van der Waals surface area contributed by atoms with E-state index in [1.54, 1.807) is 0 Å². The van der Waals surface area contributed by atoms with Crippen LogP contribution >= 0.6 is 27.5 Å². The number of hydrogen-bond donors (Lipinski definition) is 1. The maximum absolute atomic E-state index is 6.16. The summed E-state index contributed by atoms with van der Waals surface area (Å²) in [6.07, 6.45) is 0.952. The molecule has 0 radical (unpaired) electrons. The average Bonchev–Trinajstić information content (AvgIpc) is 2.41. The summed E-state index contributed by atoms with van der Waals surface area (Å²) in [7, 11) is 2.00. The highest BCUT2D eigenvalue weighted by Crippen LogP contribution is 2.30. The van der Waals surface area contributed by atoms with Gasteiger partial charge in [0.15, 0.2) is 0 Å². The quantitative estimate of drug-likeness (QED) is 0.750. The molecule has 2 aromatic rings. The van der Waals surface area contributed by atoms with Gasteiger partial charge in [-0.3, -0.25) is 0 Å². The zero-order valence-electron chi connectivity index (χ0n) is 12.9. The maximum atomic E-state index is 6.16. The predicted molar refractivity (Wildman–Crippen MR) is 95.3 cm³/mol. The molecular weight excluding hydrogens is 346 g/mol. The summed E-state index contributed by atoms with van der Waals surface area (Å²) < 4.78 is 1.09. The largest absolute Gasteiger partial charge is 0.313 e. The van der Waals surface area contributed by atoms with Crippen molar-refractivity contribution in [1.82, 2.24) is 5.32 Å². The molecule has 0 amide bonds. The van der Waals surface area contributed by atoms with Crippen LogP contribution < -0.4 is 5.32 Å². The van der Waals surface area contributed by atoms with Gasteiger partial charge in [0.05, 0.1) is 0 Å². The summed E-state index contributed by atoms with van der Waals surface area (Å²) in [5.74, 6) is 0. The molecule has 0 aliphatic carbocycles. The summed E-state index contributed by atoms with van der Waals surface area (Å²) in [4.78, 5) is 0. The Labute approximate surface area is 140 Å². The van der Waals surface area contributed by atoms with Crippen LogP contribution in [0, 0.1) is 20.8 Å². The van der Waals surface area contributed by atoms with Crippen LogP contribution in [0.1, 0.15) is 33.9 Å². The Kier molecular flexibility index (Phi) is 5.48. The number of nitrogens with one attached hydrogen (secondary N) is 1. The molecule has 0 saturated carbocycles. The van der Waals surface area contributed by atoms with E-state index in [1.165, 1.54) is 27.8 Å². The fraction of sp³-hybridized carbons (Fsp3) is 0.333. The van der Waals surface area contributed by atoms with E-state index in [1.807, 2.05) is 25.2 Å². The molecule has 1 unspecified atom stereocenters. The number of aryl methyl sites for hydroxylation is 3. The van der Waals surface area contributed by atoms with Crippen LogP contribution in [0.5, 0.6) is 0 Å². The van der Waals surface area contributed by atoms with Gasteiger partial charge in [0, 0.05) is 15.5 Å². The summed E-state index contributed by atoms with van der Waals surface area (Å²) in [5.41, 5.74) is 6.63. The van der Waals surface area contributed by atoms with Gasteiger partial charge >= 0.3 is 0 Å². The third kappa shape index (κ3) is 3.88. The summed E-state index contributed by atoms with van der Waals surface area (Å²) >= 11 is 9.79. The van der Waals surface area contributed by atoms with E-state index in [9.17, 15) is 0 Å². The lowest BCUT2D eigenvalue weighted by atomic mass is 9.92. The van der Waals surface area contributed by atoms with E-state index >= 15 is 0 Å². The second kappa shape index (κ2) is 6.95. The van der Waals surface area contributed by atoms with E-state index in [2.05, 4.69) is 54.2 Å². The first-order valence-corrected chi connectivity index (χ1v) is 8.28. The van der Waals surface area contributed by atoms with Gasteiger partial charge in [0.2, 0.25) is 0 Å². The van der Waals surface area contributed by atoms with Gasteiger partial charge in [-0.15, -0.1) is 0 Å². The molecular formula is C18H21BrClN. The lowest BCUT2D eigenvalue weighted by Gasteiger charge is -2.21. The summed E-state index contributed by atoms with van der Waals surface area (Å²) in [6.45, 7) is 6.52. The molecule has 2 aromatic carbocycles. The number of likely N-dealkylation sites (N-methyl/N-ethyl adjacent to an activating group) is 1. The molecule has 0 fully saturated rings. The molecule has 0 bridgehead atoms. The van der Waals surface area contributed by atoms with Crippen molar-refractivity contribution in [3.05, 3.63) is 67.6 Å². The van der Waals surface area contributed by atoms with Crippen LogP contribution in [0.25, 0.3) is 0 Å². The molecule has 0 spiro atoms. The van der Waals surface area contributed by atoms with Gasteiger partial charge in [-0.1, -0.05) is 45.2 Å². The Morgan fingerprint density at radius 3 is 2.29 bits per heavy atom. The second-order valence-corrected chi connectivity index (χ2v) is 6.88. The minimum atomic E-state index is 0.234. The number of rotatable bonds is 4. The van der Waals surface area contributed by atoms with Crippen molar-refractivity contribution in [1.29, 1.82) is 0 Å². The van der Waals surface area contributed by atoms with Gasteiger partial charge < -0.3 is 5.32 Å². The SMILES string of the molecule is CNC(Cc1c(C)cc(C)cc1C)c1cc(Cl)ccc1Br. The van der Waals surface area contributed by atoms with Gasteiger partial charge in [0.1, 0.15) is 0 Å². The van der Waals surface area contributed by atoms with Crippen LogP contribution in [-0.2, 0) is 6.42 Å². The predicted octanol–water partition coefficient (Wildman–Crippen LogP) is 5.53. The molecule has 21 heavy (non-hydrogen) atoms. The smallest absolute Gasteiger partial charge is 0.0410 e. The van der Waals surface area contributed by atoms with Crippen LogP contribution in [0.2, 0.25) is 5.02 Å². The molecule has 3 heteroatoms. The molecule has 0 aliphatic rings. The Morgan fingerprint density at radius 2 is 1.71 bits per heavy atom. The van der Waals surface area contributed by atoms with Crippen molar-refractivity contribution >= 4 is 27.5 Å². The second-order valence-electron chi connectivity index (χ2n) is 5.59. The molecule has 1 nitrogen and oxygen atoms in total. The van der Waals surface area contributed by atoms with E-state index in [4.69, 9.17) is 11.6 Å². The highest BCUT2D eigenvalue weighted by Gasteiger charge is 2.16. The number of halogens is 2. The van der Waals surface area contributed by atoms with Gasteiger partial charge in [-0.05, 0) is 74.7 Å². The first-order chi connectivity index (χ1) is 9.92. The lowest BCUT2D eigenvalue weighted by Crippen LogP contribution is -2.20. The van der Waals surface area contributed by atoms with E-state index in [-0.39, 0.29) is 6.04 Å². The van der Waals surface area contributed by atoms with Gasteiger partial charge in [0.25, 0.3) is 0 Å². The van der Waals surface area contributed by atoms with Crippen LogP contribution in [0.4, 0.5) is 0 Å². The standard InChI is InChI=1S/C18H21BrClN/c1-11-7-12(2)15(13(3)8-11)10-18(21-4)16-9-14(20)5-6-17(16)19/h5-9,18,21H,10H2,1-4H3. The first kappa shape index (κ1) is 16.5. The van der Waals surface area contributed by atoms with Crippen molar-refractivity contribution in [2.24, 2.45) is 0 Å². The molecule has 0 saturated heterocycles. The molecule has 0 heterocycles. The van der Waals surface area contributed by atoms with E-state index in [0.29, 0.717) is 0 Å². The third-order valence-corrected chi connectivity index (χ3v) is 4.89. The zero-order valence-corrected chi connectivity index (χ0v) is 15.3. The minimum Gasteiger partial charge on any atom is -0.313 e. The topological polar surface area (TPSA) is 12.0 Å². The van der Waals surface area contributed by atoms with Crippen molar-refractivity contribution in [2.45, 2.75) is 33.2 Å². The first-order valence-electron chi connectivity index (χ1n) is 7.11. The zero-order chi connectivity index (χ0) is 15.6. The maximum Gasteiger partial charge on any atom is 0.0410 e. The molecule has 112 valence electrons. The Balaban J connectivity index is 2.38. The third-order valence-electron chi connectivity index (χ3n) is 3.93. The van der Waals surface area contributed by atoms with Gasteiger partial charge in [-0.25, -0.2) is 0 Å². The highest BCUT2D eigenvalue weighted by atomic mass is 79.9. The van der Waals surface area contributed by atoms with Crippen molar-refractivity contribution in [3.63, 3.8) is 0 Å². The monoisotopic (exact) mass is 365 g/mol. The van der Waals surface area contributed by atoms with Gasteiger partial charge in [-0.2, -0.15) is 0 Å². The van der Waals surface area contributed by atoms with Crippen LogP contribution in [-0.4, -0.2) is 7.05 Å². The average molecular weight is 367 g/mol. The Bertz CT molecular complexity index is 629. The molecule has 0 aromatic heterocycles. The van der Waals surface area contributed by atoms with Crippen molar-refractivity contribution in [2.75, 3.05) is 7.05 Å². The van der Waals surface area contributed by atoms with E-state index < -0.39 is 0 Å². The molecule has 2 rings (SSSR count). The molecule has 1 atom stereocenters. The summed E-state index contributed by atoms with van der Waals surface area (Å²) in [6, 6.07) is 10.7. The normalized spacial score (nSPS) is 12.5. The number of benzene rings is 2. The van der Waals surface area contributed by atoms with E-state index in [0.717, 1.165) is 15.9 Å². The summed E-state index contributed by atoms with van der Waals surface area (Å²) in [5, 5.41) is 4.18. The molecule has 1 N–H and O–H groups in total. The van der Waals surface area contributed by atoms with Crippen molar-refractivity contribution < 1.29 is 0 Å². The van der Waals surface area contributed by atoms with Crippen molar-refractivity contribution in [3.8, 4) is 0 Å². The minimum absolute atomic E-state index is 0.234. The molecule has 0 aliphatic heterocycles. The highest BCUT2D eigenvalue weighted by molar-refractivity contribution is 9.10. The Morgan fingerprint density at radius 1 is 1.10 bits per heavy atom. The number of hydrogen-bond acceptors (Lipinski definition) is 1. The Hall–Kier alpha value is -0.830.